The average molecular weight is 448 g/mol. The smallest absolute Gasteiger partial charge is 0.325 e. The topological polar surface area (TPSA) is 116 Å². The predicted octanol–water partition coefficient (Wildman–Crippen LogP) is 2.16. The first-order chi connectivity index (χ1) is 14.5. The van der Waals surface area contributed by atoms with Gasteiger partial charge in [0.2, 0.25) is 11.8 Å². The molecule has 5 atom stereocenters. The van der Waals surface area contributed by atoms with Gasteiger partial charge in [0.15, 0.2) is 0 Å². The third kappa shape index (κ3) is 4.15. The van der Waals surface area contributed by atoms with Crippen LogP contribution in [0.25, 0.3) is 0 Å². The van der Waals surface area contributed by atoms with Gasteiger partial charge in [-0.25, -0.2) is 0 Å². The summed E-state index contributed by atoms with van der Waals surface area (Å²) >= 11 is 1.55. The van der Waals surface area contributed by atoms with Crippen LogP contribution in [0.2, 0.25) is 0 Å². The number of nitrogens with zero attached hydrogens (tertiary/aromatic N) is 1. The van der Waals surface area contributed by atoms with E-state index < -0.39 is 40.7 Å². The Bertz CT molecular complexity index is 918. The van der Waals surface area contributed by atoms with Crippen LogP contribution >= 0.6 is 11.8 Å². The van der Waals surface area contributed by atoms with Crippen LogP contribution in [0.15, 0.2) is 24.3 Å². The highest BCUT2D eigenvalue weighted by Gasteiger charge is 2.57. The summed E-state index contributed by atoms with van der Waals surface area (Å²) in [4.78, 5) is 52.0. The van der Waals surface area contributed by atoms with E-state index in [1.807, 2.05) is 39.8 Å². The number of benzene rings is 1. The van der Waals surface area contributed by atoms with Gasteiger partial charge in [-0.15, -0.1) is 11.8 Å². The van der Waals surface area contributed by atoms with Crippen molar-refractivity contribution in [1.82, 2.24) is 15.5 Å². The number of amides is 3. The van der Waals surface area contributed by atoms with E-state index in [-0.39, 0.29) is 17.2 Å². The molecule has 1 aromatic carbocycles. The van der Waals surface area contributed by atoms with E-state index in [0.29, 0.717) is 12.0 Å². The molecule has 2 aliphatic rings. The van der Waals surface area contributed by atoms with E-state index >= 15 is 0 Å². The number of rotatable bonds is 7. The molecule has 2 unspecified atom stereocenters. The van der Waals surface area contributed by atoms with Gasteiger partial charge in [0.05, 0.1) is 0 Å². The fraction of sp³-hybridized carbons (Fsp3) is 0.545. The Morgan fingerprint density at radius 2 is 1.84 bits per heavy atom. The normalized spacial score (nSPS) is 24.0. The molecule has 0 saturated carbocycles. The second-order valence-corrected chi connectivity index (χ2v) is 10.5. The summed E-state index contributed by atoms with van der Waals surface area (Å²) in [6, 6.07) is 4.61. The van der Waals surface area contributed by atoms with Crippen LogP contribution in [0.4, 0.5) is 0 Å². The van der Waals surface area contributed by atoms with Crippen LogP contribution in [0.5, 0.6) is 0 Å². The fourth-order valence-electron chi connectivity index (χ4n) is 4.10. The fourth-order valence-corrected chi connectivity index (χ4v) is 5.69. The first kappa shape index (κ1) is 23.1. The van der Waals surface area contributed by atoms with E-state index in [4.69, 9.17) is 5.11 Å². The largest absolute Gasteiger partial charge is 0.480 e. The minimum Gasteiger partial charge on any atom is -0.480 e. The molecule has 9 heteroatoms. The third-order valence-electron chi connectivity index (χ3n) is 6.07. The number of hydrogen-bond donors (Lipinski definition) is 3. The number of carboxylic acids is 1. The second-order valence-electron chi connectivity index (χ2n) is 8.72. The van der Waals surface area contributed by atoms with E-state index in [1.54, 1.807) is 28.8 Å². The number of carboxylic acid groups (broad SMARTS) is 1. The molecule has 1 saturated heterocycles. The van der Waals surface area contributed by atoms with E-state index in [2.05, 4.69) is 10.6 Å². The van der Waals surface area contributed by atoms with Crippen molar-refractivity contribution in [2.24, 2.45) is 5.92 Å². The molecule has 1 fully saturated rings. The van der Waals surface area contributed by atoms with Gasteiger partial charge in [-0.1, -0.05) is 38.5 Å². The molecule has 2 aliphatic heterocycles. The summed E-state index contributed by atoms with van der Waals surface area (Å²) in [5.41, 5.74) is 1.49. The van der Waals surface area contributed by atoms with Crippen LogP contribution in [0, 0.1) is 5.92 Å². The van der Waals surface area contributed by atoms with Crippen molar-refractivity contribution in [3.63, 3.8) is 0 Å². The monoisotopic (exact) mass is 447 g/mol. The van der Waals surface area contributed by atoms with Crippen LogP contribution in [0.3, 0.4) is 0 Å². The predicted molar refractivity (Wildman–Crippen MR) is 117 cm³/mol. The van der Waals surface area contributed by atoms with E-state index in [1.165, 1.54) is 6.92 Å². The Hall–Kier alpha value is -2.55. The van der Waals surface area contributed by atoms with Crippen molar-refractivity contribution >= 4 is 35.5 Å². The van der Waals surface area contributed by atoms with Crippen LogP contribution in [-0.2, 0) is 14.4 Å². The molecule has 8 nitrogen and oxygen atoms in total. The maximum atomic E-state index is 13.4. The molecule has 0 radical (unpaired) electrons. The molecule has 0 aromatic heterocycles. The highest BCUT2D eigenvalue weighted by atomic mass is 32.2. The van der Waals surface area contributed by atoms with Gasteiger partial charge < -0.3 is 20.6 Å². The summed E-state index contributed by atoms with van der Waals surface area (Å²) in [6.07, 6.45) is 0.610. The summed E-state index contributed by atoms with van der Waals surface area (Å²) in [6.45, 7) is 8.92. The Morgan fingerprint density at radius 3 is 2.45 bits per heavy atom. The Labute approximate surface area is 186 Å². The Balaban J connectivity index is 1.85. The van der Waals surface area contributed by atoms with Gasteiger partial charge in [0.1, 0.15) is 23.5 Å². The number of carbonyl (C=O) groups excluding carboxylic acids is 3. The van der Waals surface area contributed by atoms with Crippen molar-refractivity contribution < 1.29 is 24.3 Å². The summed E-state index contributed by atoms with van der Waals surface area (Å²) in [5, 5.41) is 14.1. The van der Waals surface area contributed by atoms with Gasteiger partial charge in [0, 0.05) is 10.3 Å². The van der Waals surface area contributed by atoms with Crippen molar-refractivity contribution in [2.75, 3.05) is 0 Å². The Morgan fingerprint density at radius 1 is 1.19 bits per heavy atom. The molecular formula is C22H29N3O5S. The molecule has 0 aliphatic carbocycles. The standard InChI is InChI=1S/C22H29N3O5S/c1-6-11(2)15(17(26)23-12(3)21(29)30)24-18(27)16-22(4,5)31-20-14-10-8-7-9-13(14)19(28)25(16)20/h7-12,15-16,20H,6H2,1-5H3,(H,23,26)(H,24,27)(H,29,30)/t11?,12-,15-,16+,20?/m0/s1. The molecule has 3 amide bonds. The summed E-state index contributed by atoms with van der Waals surface area (Å²) < 4.78 is -0.567. The molecule has 2 heterocycles. The first-order valence-electron chi connectivity index (χ1n) is 10.4. The minimum atomic E-state index is -1.15. The van der Waals surface area contributed by atoms with Crippen LogP contribution < -0.4 is 10.6 Å². The van der Waals surface area contributed by atoms with Crippen molar-refractivity contribution in [3.8, 4) is 0 Å². The van der Waals surface area contributed by atoms with Gasteiger partial charge in [-0.3, -0.25) is 19.2 Å². The number of fused-ring (bicyclic) bond motifs is 3. The number of nitrogens with one attached hydrogen (secondary N) is 2. The average Bonchev–Trinajstić information content (AvgIpc) is 3.14. The molecule has 0 spiro atoms. The summed E-state index contributed by atoms with van der Waals surface area (Å²) in [5.74, 6) is -2.52. The zero-order valence-corrected chi connectivity index (χ0v) is 19.2. The van der Waals surface area contributed by atoms with Gasteiger partial charge in [-0.2, -0.15) is 0 Å². The van der Waals surface area contributed by atoms with Gasteiger partial charge in [-0.05, 0) is 38.3 Å². The highest BCUT2D eigenvalue weighted by molar-refractivity contribution is 8.01. The van der Waals surface area contributed by atoms with E-state index in [9.17, 15) is 19.2 Å². The number of hydrogen-bond acceptors (Lipinski definition) is 5. The van der Waals surface area contributed by atoms with Gasteiger partial charge >= 0.3 is 5.97 Å². The summed E-state index contributed by atoms with van der Waals surface area (Å²) in [7, 11) is 0. The molecule has 3 rings (SSSR count). The Kier molecular flexibility index (Phi) is 6.36. The lowest BCUT2D eigenvalue weighted by atomic mass is 9.95. The lowest BCUT2D eigenvalue weighted by molar-refractivity contribution is -0.142. The van der Waals surface area contributed by atoms with Crippen molar-refractivity contribution in [1.29, 1.82) is 0 Å². The quantitative estimate of drug-likeness (QED) is 0.590. The maximum absolute atomic E-state index is 13.4. The highest BCUT2D eigenvalue weighted by Crippen LogP contribution is 2.56. The van der Waals surface area contributed by atoms with Crippen molar-refractivity contribution in [2.45, 2.75) is 69.3 Å². The molecule has 0 bridgehead atoms. The van der Waals surface area contributed by atoms with Crippen LogP contribution in [0.1, 0.15) is 62.3 Å². The second kappa shape index (κ2) is 8.53. The van der Waals surface area contributed by atoms with E-state index in [0.717, 1.165) is 5.56 Å². The lowest BCUT2D eigenvalue weighted by Gasteiger charge is -2.32. The number of carbonyl (C=O) groups is 4. The molecule has 31 heavy (non-hydrogen) atoms. The molecule has 1 aromatic rings. The third-order valence-corrected chi connectivity index (χ3v) is 7.60. The first-order valence-corrected chi connectivity index (χ1v) is 11.3. The zero-order chi connectivity index (χ0) is 23.1. The maximum Gasteiger partial charge on any atom is 0.325 e. The number of thioether (sulfide) groups is 1. The molecule has 3 N–H and O–H groups in total. The number of aliphatic carboxylic acids is 1. The minimum absolute atomic E-state index is 0.192. The molecular weight excluding hydrogens is 418 g/mol. The molecule has 168 valence electrons. The van der Waals surface area contributed by atoms with Crippen LogP contribution in [-0.4, -0.2) is 56.6 Å². The lowest BCUT2D eigenvalue weighted by Crippen LogP contribution is -2.59. The van der Waals surface area contributed by atoms with Gasteiger partial charge in [0.25, 0.3) is 5.91 Å². The zero-order valence-electron chi connectivity index (χ0n) is 18.3. The SMILES string of the molecule is CCC(C)[C@H](NC(=O)[C@H]1N2C(=O)c3ccccc3C2SC1(C)C)C(=O)N[C@@H](C)C(=O)O. The van der Waals surface area contributed by atoms with Crippen molar-refractivity contribution in [3.05, 3.63) is 35.4 Å².